The van der Waals surface area contributed by atoms with Gasteiger partial charge in [0.2, 0.25) is 0 Å². The molecule has 7 aliphatic heterocycles. The van der Waals surface area contributed by atoms with Gasteiger partial charge in [0, 0.05) is 12.3 Å². The molecule has 26 nitrogen and oxygen atoms in total. The van der Waals surface area contributed by atoms with Crippen LogP contribution in [0.5, 0.6) is 0 Å². The highest BCUT2D eigenvalue weighted by Gasteiger charge is 2.69. The van der Waals surface area contributed by atoms with Crippen molar-refractivity contribution in [3.8, 4) is 0 Å². The Hall–Kier alpha value is -1.30. The number of aliphatic hydroxyl groups excluding tert-OH is 14. The van der Waals surface area contributed by atoms with Crippen molar-refractivity contribution in [2.45, 2.75) is 271 Å². The Morgan fingerprint density at radius 2 is 1.11 bits per heavy atom. The standard InChI is InChI=1S/C57H92O26/c1-21-9-14-57(73-19-21)22(2)34-30(83-57)16-29-27-8-7-25-15-26(10-12-55(25,5)28(27)11-13-56(29,34)6)76-54-49(48(38(63)32(18-59)78-54)81-52-44(69)40(65)36(61)31(17-58)77-52)82-53-45(70)41(66)37(62)33(79-53)20-72-50-46(71)42(67)47(24(4)75-50)80-51-43(68)39(64)35(60)23(3)74-51/h7,21-24,26-54,58-71H,8-20H2,1-6H3/t21?,22-,23+,24+,26-,27?,28?,29?,30?,31+,32+,33+,34?,35+,36+,37+,38+,39-,40-,41-,42+,43-,44+,45+,46-,47+,48-,49+,50+,51-,52-,53-,54+,55-,56-,57+/m0/s1. The minimum atomic E-state index is -2.04. The maximum absolute atomic E-state index is 11.9. The van der Waals surface area contributed by atoms with Crippen LogP contribution in [0.2, 0.25) is 0 Å². The lowest BCUT2D eigenvalue weighted by Gasteiger charge is -2.59. The van der Waals surface area contributed by atoms with E-state index < -0.39 is 185 Å². The Kier molecular flexibility index (Phi) is 18.7. The number of fused-ring (bicyclic) bond motifs is 7. The van der Waals surface area contributed by atoms with Gasteiger partial charge in [0.25, 0.3) is 0 Å². The zero-order chi connectivity index (χ0) is 59.5. The topological polar surface area (TPSA) is 394 Å². The molecule has 11 rings (SSSR count). The molecule has 83 heavy (non-hydrogen) atoms. The molecule has 476 valence electrons. The Morgan fingerprint density at radius 1 is 0.530 bits per heavy atom. The van der Waals surface area contributed by atoms with Crippen LogP contribution in [-0.4, -0.2) is 269 Å². The first kappa shape index (κ1) is 63.3. The normalized spacial score (nSPS) is 57.3. The first-order valence-corrected chi connectivity index (χ1v) is 30.2. The highest BCUT2D eigenvalue weighted by Crippen LogP contribution is 2.71. The lowest BCUT2D eigenvalue weighted by Crippen LogP contribution is -2.67. The van der Waals surface area contributed by atoms with Crippen LogP contribution in [0.4, 0.5) is 0 Å². The monoisotopic (exact) mass is 1190 g/mol. The van der Waals surface area contributed by atoms with Crippen LogP contribution in [0.3, 0.4) is 0 Å². The molecule has 0 radical (unpaired) electrons. The third kappa shape index (κ3) is 11.2. The molecule has 7 saturated heterocycles. The maximum Gasteiger partial charge on any atom is 0.187 e. The third-order valence-electron chi connectivity index (χ3n) is 21.9. The van der Waals surface area contributed by atoms with Gasteiger partial charge in [-0.05, 0) is 106 Å². The number of hydrogen-bond acceptors (Lipinski definition) is 26. The molecule has 26 heteroatoms. The SMILES string of the molecule is CC1CC[C@@]2(OC1)OC1CC3C4CC=C5C[C@@H](O[C@@H]6O[C@H](CO)[C@@H](O)[C@H](O[C@@H]7O[C@H](CO)[C@@H](O)[C@H](O)[C@H]7O)[C@H]6O[C@@H]6O[C@H](CO[C@@H]7O[C@H](C)[C@@H](O[C@@H]8O[C@H](C)[C@@H](O)[C@H](O)[C@@H]8O)[C@H](O)[C@@H]7O)[C@@H](O)[C@H](O)[C@H]6O)CC[C@]5(C)C4CC[C@]3(C)C1[C@@H]2C. The molecule has 3 saturated carbocycles. The number of rotatable bonds is 13. The molecule has 0 aromatic heterocycles. The van der Waals surface area contributed by atoms with Crippen LogP contribution >= 0.6 is 0 Å². The van der Waals surface area contributed by atoms with Crippen LogP contribution in [0, 0.1) is 46.3 Å². The second kappa shape index (κ2) is 24.5. The van der Waals surface area contributed by atoms with Gasteiger partial charge in [0.05, 0.1) is 50.8 Å². The molecule has 6 unspecified atom stereocenters. The summed E-state index contributed by atoms with van der Waals surface area (Å²) in [5.41, 5.74) is 1.20. The summed E-state index contributed by atoms with van der Waals surface area (Å²) in [6.07, 6.45) is -31.8. The summed E-state index contributed by atoms with van der Waals surface area (Å²) < 4.78 is 74.0. The average Bonchev–Trinajstić information content (AvgIpc) is 1.90. The molecule has 10 fully saturated rings. The molecule has 7 heterocycles. The zero-order valence-electron chi connectivity index (χ0n) is 48.0. The van der Waals surface area contributed by atoms with Gasteiger partial charge in [-0.2, -0.15) is 0 Å². The fraction of sp³-hybridized carbons (Fsp3) is 0.965. The predicted octanol–water partition coefficient (Wildman–Crippen LogP) is -3.11. The molecule has 0 amide bonds. The first-order chi connectivity index (χ1) is 39.3. The van der Waals surface area contributed by atoms with Crippen molar-refractivity contribution >= 4 is 0 Å². The second-order valence-corrected chi connectivity index (χ2v) is 26.7. The van der Waals surface area contributed by atoms with Gasteiger partial charge in [0.1, 0.15) is 110 Å². The highest BCUT2D eigenvalue weighted by atomic mass is 16.8. The smallest absolute Gasteiger partial charge is 0.187 e. The van der Waals surface area contributed by atoms with Gasteiger partial charge in [-0.1, -0.05) is 39.3 Å². The van der Waals surface area contributed by atoms with E-state index in [0.717, 1.165) is 51.6 Å². The third-order valence-corrected chi connectivity index (χ3v) is 21.9. The van der Waals surface area contributed by atoms with Crippen molar-refractivity contribution in [1.29, 1.82) is 0 Å². The van der Waals surface area contributed by atoms with Crippen LogP contribution in [0.1, 0.15) is 99.3 Å². The molecular weight excluding hydrogens is 1100 g/mol. The van der Waals surface area contributed by atoms with Crippen molar-refractivity contribution in [2.75, 3.05) is 26.4 Å². The van der Waals surface area contributed by atoms with E-state index in [1.54, 1.807) is 0 Å². The number of aliphatic hydroxyl groups is 14. The minimum Gasteiger partial charge on any atom is -0.394 e. The molecular formula is C57H92O26. The zero-order valence-corrected chi connectivity index (χ0v) is 48.0. The van der Waals surface area contributed by atoms with E-state index in [0.29, 0.717) is 48.3 Å². The highest BCUT2D eigenvalue weighted by molar-refractivity contribution is 5.26. The van der Waals surface area contributed by atoms with Crippen molar-refractivity contribution < 1.29 is 128 Å². The van der Waals surface area contributed by atoms with E-state index in [1.807, 2.05) is 0 Å². The molecule has 0 aromatic rings. The Bertz CT molecular complexity index is 2230. The molecule has 11 aliphatic rings. The van der Waals surface area contributed by atoms with Crippen molar-refractivity contribution in [3.63, 3.8) is 0 Å². The summed E-state index contributed by atoms with van der Waals surface area (Å²) in [6.45, 7) is 10.8. The minimum absolute atomic E-state index is 0.112. The summed E-state index contributed by atoms with van der Waals surface area (Å²) in [5, 5.41) is 153. The predicted molar refractivity (Wildman–Crippen MR) is 278 cm³/mol. The molecule has 4 aliphatic carbocycles. The lowest BCUT2D eigenvalue weighted by molar-refractivity contribution is -0.397. The first-order valence-electron chi connectivity index (χ1n) is 30.2. The van der Waals surface area contributed by atoms with E-state index in [2.05, 4.69) is 33.8 Å². The largest absolute Gasteiger partial charge is 0.394 e. The summed E-state index contributed by atoms with van der Waals surface area (Å²) in [4.78, 5) is 0. The number of ether oxygens (including phenoxy) is 12. The summed E-state index contributed by atoms with van der Waals surface area (Å²) in [7, 11) is 0. The van der Waals surface area contributed by atoms with Gasteiger partial charge in [0.15, 0.2) is 37.2 Å². The van der Waals surface area contributed by atoms with Gasteiger partial charge in [-0.3, -0.25) is 0 Å². The molecule has 14 N–H and O–H groups in total. The number of allylic oxidation sites excluding steroid dienone is 1. The lowest BCUT2D eigenvalue weighted by atomic mass is 9.47. The van der Waals surface area contributed by atoms with Crippen LogP contribution in [-0.2, 0) is 56.8 Å². The maximum atomic E-state index is 11.9. The fourth-order valence-electron chi connectivity index (χ4n) is 16.9. The molecule has 36 atom stereocenters. The molecule has 0 aromatic carbocycles. The van der Waals surface area contributed by atoms with E-state index in [-0.39, 0.29) is 16.9 Å². The quantitative estimate of drug-likeness (QED) is 0.0812. The Balaban J connectivity index is 0.801. The Labute approximate surface area is 482 Å². The van der Waals surface area contributed by atoms with Gasteiger partial charge in [-0.15, -0.1) is 0 Å². The number of hydrogen-bond donors (Lipinski definition) is 14. The van der Waals surface area contributed by atoms with Crippen LogP contribution in [0.15, 0.2) is 11.6 Å². The van der Waals surface area contributed by atoms with Gasteiger partial charge >= 0.3 is 0 Å². The fourth-order valence-corrected chi connectivity index (χ4v) is 16.9. The van der Waals surface area contributed by atoms with Crippen LogP contribution in [0.25, 0.3) is 0 Å². The average molecular weight is 1190 g/mol. The van der Waals surface area contributed by atoms with Crippen molar-refractivity contribution in [2.24, 2.45) is 46.3 Å². The van der Waals surface area contributed by atoms with Crippen LogP contribution < -0.4 is 0 Å². The van der Waals surface area contributed by atoms with E-state index in [4.69, 9.17) is 56.8 Å². The second-order valence-electron chi connectivity index (χ2n) is 26.7. The molecule has 0 bridgehead atoms. The van der Waals surface area contributed by atoms with Gasteiger partial charge < -0.3 is 128 Å². The van der Waals surface area contributed by atoms with E-state index in [1.165, 1.54) is 19.4 Å². The Morgan fingerprint density at radius 3 is 1.77 bits per heavy atom. The molecule has 1 spiro atoms. The van der Waals surface area contributed by atoms with Crippen molar-refractivity contribution in [1.82, 2.24) is 0 Å². The summed E-state index contributed by atoms with van der Waals surface area (Å²) in [5.74, 6) is 2.07. The summed E-state index contributed by atoms with van der Waals surface area (Å²) >= 11 is 0. The summed E-state index contributed by atoms with van der Waals surface area (Å²) in [6, 6.07) is 0. The van der Waals surface area contributed by atoms with Gasteiger partial charge in [-0.25, -0.2) is 0 Å². The van der Waals surface area contributed by atoms with E-state index >= 15 is 0 Å². The van der Waals surface area contributed by atoms with E-state index in [9.17, 15) is 71.5 Å². The van der Waals surface area contributed by atoms with Crippen molar-refractivity contribution in [3.05, 3.63) is 11.6 Å².